The fourth-order valence-corrected chi connectivity index (χ4v) is 4.75. The third-order valence-corrected chi connectivity index (χ3v) is 6.17. The Morgan fingerprint density at radius 1 is 1.07 bits per heavy atom. The van der Waals surface area contributed by atoms with Crippen molar-refractivity contribution in [2.45, 2.75) is 38.0 Å². The van der Waals surface area contributed by atoms with Crippen molar-refractivity contribution in [2.75, 3.05) is 24.5 Å². The summed E-state index contributed by atoms with van der Waals surface area (Å²) in [6.07, 6.45) is 4.75. The van der Waals surface area contributed by atoms with Gasteiger partial charge in [-0.25, -0.2) is 13.8 Å². The fourth-order valence-electron chi connectivity index (χ4n) is 4.75. The summed E-state index contributed by atoms with van der Waals surface area (Å²) in [6.45, 7) is 2.54. The molecule has 0 amide bonds. The van der Waals surface area contributed by atoms with Crippen molar-refractivity contribution in [1.82, 2.24) is 15.3 Å². The summed E-state index contributed by atoms with van der Waals surface area (Å²) in [7, 11) is 0. The first-order chi connectivity index (χ1) is 14.2. The van der Waals surface area contributed by atoms with E-state index in [0.29, 0.717) is 0 Å². The monoisotopic (exact) mass is 394 g/mol. The Morgan fingerprint density at radius 2 is 1.93 bits per heavy atom. The first-order valence-corrected chi connectivity index (χ1v) is 10.4. The average molecular weight is 394 g/mol. The summed E-state index contributed by atoms with van der Waals surface area (Å²) in [4.78, 5) is 11.2. The minimum Gasteiger partial charge on any atom is -0.324 e. The molecule has 5 rings (SSSR count). The van der Waals surface area contributed by atoms with Gasteiger partial charge in [-0.2, -0.15) is 0 Å². The second-order valence-electron chi connectivity index (χ2n) is 7.90. The third kappa shape index (κ3) is 3.35. The summed E-state index contributed by atoms with van der Waals surface area (Å²) in [5, 5.41) is 4.33. The lowest BCUT2D eigenvalue weighted by atomic mass is 9.84. The maximum Gasteiger partial charge on any atom is 0.264 e. The minimum absolute atomic E-state index is 0.177. The van der Waals surface area contributed by atoms with E-state index in [4.69, 9.17) is 0 Å². The molecule has 0 atom stereocenters. The Labute approximate surface area is 169 Å². The van der Waals surface area contributed by atoms with E-state index < -0.39 is 6.43 Å². The van der Waals surface area contributed by atoms with Gasteiger partial charge in [0.05, 0.1) is 0 Å². The van der Waals surface area contributed by atoms with Crippen LogP contribution in [0.25, 0.3) is 10.9 Å². The molecule has 3 aromatic rings. The standard InChI is InChI=1S/C23H24F2N4/c24-22(25)19-14-20-17(13-18(19)15-5-9-26-10-6-15)4-2-12-29(20)23-21-16(7-11-28-23)3-1-8-27-21/h1,3,7-8,11,13-15,22,26H,2,4-6,9-10,12H2. The summed E-state index contributed by atoms with van der Waals surface area (Å²) in [6, 6.07) is 9.61. The van der Waals surface area contributed by atoms with Gasteiger partial charge >= 0.3 is 0 Å². The van der Waals surface area contributed by atoms with Crippen LogP contribution >= 0.6 is 0 Å². The minimum atomic E-state index is -2.48. The molecule has 1 aromatic carbocycles. The van der Waals surface area contributed by atoms with Crippen LogP contribution in [-0.2, 0) is 6.42 Å². The van der Waals surface area contributed by atoms with E-state index in [2.05, 4.69) is 26.3 Å². The van der Waals surface area contributed by atoms with Crippen LogP contribution in [0.1, 0.15) is 48.3 Å². The number of piperidine rings is 1. The van der Waals surface area contributed by atoms with Gasteiger partial charge in [-0.1, -0.05) is 12.1 Å². The molecule has 6 heteroatoms. The van der Waals surface area contributed by atoms with Gasteiger partial charge in [0, 0.05) is 35.6 Å². The van der Waals surface area contributed by atoms with Crippen LogP contribution in [0.4, 0.5) is 20.3 Å². The zero-order valence-electron chi connectivity index (χ0n) is 16.2. The van der Waals surface area contributed by atoms with Crippen LogP contribution in [-0.4, -0.2) is 29.6 Å². The second kappa shape index (κ2) is 7.67. The van der Waals surface area contributed by atoms with Crippen LogP contribution in [0.2, 0.25) is 0 Å². The van der Waals surface area contributed by atoms with Crippen molar-refractivity contribution >= 4 is 22.4 Å². The van der Waals surface area contributed by atoms with Gasteiger partial charge in [-0.15, -0.1) is 0 Å². The smallest absolute Gasteiger partial charge is 0.264 e. The van der Waals surface area contributed by atoms with Crippen LogP contribution < -0.4 is 10.2 Å². The van der Waals surface area contributed by atoms with Crippen LogP contribution in [0.3, 0.4) is 0 Å². The van der Waals surface area contributed by atoms with Gasteiger partial charge in [-0.3, -0.25) is 4.98 Å². The molecule has 0 saturated carbocycles. The van der Waals surface area contributed by atoms with E-state index in [1.165, 1.54) is 0 Å². The van der Waals surface area contributed by atoms with Gasteiger partial charge in [0.15, 0.2) is 5.82 Å². The lowest BCUT2D eigenvalue weighted by Crippen LogP contribution is -2.29. The molecule has 2 aromatic heterocycles. The number of hydrogen-bond donors (Lipinski definition) is 1. The quantitative estimate of drug-likeness (QED) is 0.670. The number of aromatic nitrogens is 2. The van der Waals surface area contributed by atoms with Gasteiger partial charge in [0.25, 0.3) is 6.43 Å². The number of pyridine rings is 2. The number of alkyl halides is 2. The lowest BCUT2D eigenvalue weighted by molar-refractivity contribution is 0.149. The number of aryl methyl sites for hydroxylation is 1. The van der Waals surface area contributed by atoms with E-state index in [-0.39, 0.29) is 11.5 Å². The lowest BCUT2D eigenvalue weighted by Gasteiger charge is -2.33. The van der Waals surface area contributed by atoms with E-state index in [9.17, 15) is 8.78 Å². The van der Waals surface area contributed by atoms with Gasteiger partial charge in [-0.05, 0) is 74.0 Å². The van der Waals surface area contributed by atoms with Gasteiger partial charge in [0.2, 0.25) is 0 Å². The summed E-state index contributed by atoms with van der Waals surface area (Å²) >= 11 is 0. The van der Waals surface area contributed by atoms with Crippen molar-refractivity contribution < 1.29 is 8.78 Å². The summed E-state index contributed by atoms with van der Waals surface area (Å²) in [5.74, 6) is 0.956. The highest BCUT2D eigenvalue weighted by Gasteiger charge is 2.28. The highest BCUT2D eigenvalue weighted by Crippen LogP contribution is 2.42. The zero-order valence-corrected chi connectivity index (χ0v) is 16.2. The molecule has 0 radical (unpaired) electrons. The Kier molecular flexibility index (Phi) is 4.87. The largest absolute Gasteiger partial charge is 0.324 e. The predicted molar refractivity (Wildman–Crippen MR) is 111 cm³/mol. The summed E-state index contributed by atoms with van der Waals surface area (Å²) in [5.41, 5.74) is 3.82. The molecule has 0 unspecified atom stereocenters. The average Bonchev–Trinajstić information content (AvgIpc) is 2.78. The molecule has 2 aliphatic heterocycles. The molecule has 29 heavy (non-hydrogen) atoms. The summed E-state index contributed by atoms with van der Waals surface area (Å²) < 4.78 is 28.1. The SMILES string of the molecule is FC(F)c1cc2c(cc1C1CCNCC1)CCCN2c1nccc2cccnc12. The molecule has 4 nitrogen and oxygen atoms in total. The number of nitrogens with zero attached hydrogens (tertiary/aromatic N) is 3. The Morgan fingerprint density at radius 3 is 2.76 bits per heavy atom. The van der Waals surface area contributed by atoms with Crippen molar-refractivity contribution in [1.29, 1.82) is 0 Å². The van der Waals surface area contributed by atoms with Crippen molar-refractivity contribution in [2.24, 2.45) is 0 Å². The maximum absolute atomic E-state index is 14.1. The Bertz CT molecular complexity index is 1030. The van der Waals surface area contributed by atoms with Crippen LogP contribution in [0.5, 0.6) is 0 Å². The molecule has 0 bridgehead atoms. The number of hydrogen-bond acceptors (Lipinski definition) is 4. The van der Waals surface area contributed by atoms with Crippen molar-refractivity contribution in [3.63, 3.8) is 0 Å². The van der Waals surface area contributed by atoms with Gasteiger partial charge < -0.3 is 10.2 Å². The Hall–Kier alpha value is -2.60. The van der Waals surface area contributed by atoms with E-state index in [1.807, 2.05) is 18.2 Å². The first-order valence-electron chi connectivity index (χ1n) is 10.4. The van der Waals surface area contributed by atoms with Gasteiger partial charge in [0.1, 0.15) is 5.52 Å². The van der Waals surface area contributed by atoms with E-state index >= 15 is 0 Å². The zero-order chi connectivity index (χ0) is 19.8. The first kappa shape index (κ1) is 18.4. The van der Waals surface area contributed by atoms with Crippen LogP contribution in [0, 0.1) is 0 Å². The number of anilines is 2. The molecule has 1 fully saturated rings. The van der Waals surface area contributed by atoms with Crippen molar-refractivity contribution in [3.05, 3.63) is 59.4 Å². The Balaban J connectivity index is 1.63. The maximum atomic E-state index is 14.1. The molecule has 2 aliphatic rings. The van der Waals surface area contributed by atoms with E-state index in [0.717, 1.165) is 78.9 Å². The molecule has 0 aliphatic carbocycles. The molecule has 1 N–H and O–H groups in total. The molecule has 4 heterocycles. The molecule has 1 saturated heterocycles. The predicted octanol–water partition coefficient (Wildman–Crippen LogP) is 5.12. The molecule has 0 spiro atoms. The number of halogens is 2. The highest BCUT2D eigenvalue weighted by atomic mass is 19.3. The van der Waals surface area contributed by atoms with E-state index in [1.54, 1.807) is 18.5 Å². The number of rotatable bonds is 3. The fraction of sp³-hybridized carbons (Fsp3) is 0.391. The molecular weight excluding hydrogens is 370 g/mol. The van der Waals surface area contributed by atoms with Crippen LogP contribution in [0.15, 0.2) is 42.7 Å². The normalized spacial score (nSPS) is 17.7. The molecule has 150 valence electrons. The third-order valence-electron chi connectivity index (χ3n) is 6.17. The molecular formula is C23H24F2N4. The topological polar surface area (TPSA) is 41.0 Å². The van der Waals surface area contributed by atoms with Crippen molar-refractivity contribution in [3.8, 4) is 0 Å². The highest BCUT2D eigenvalue weighted by molar-refractivity contribution is 5.91. The number of fused-ring (bicyclic) bond motifs is 2. The second-order valence-corrected chi connectivity index (χ2v) is 7.90. The number of nitrogens with one attached hydrogen (secondary N) is 1. The number of benzene rings is 1.